The van der Waals surface area contributed by atoms with Gasteiger partial charge in [0, 0.05) is 12.6 Å². The molecule has 1 saturated heterocycles. The van der Waals surface area contributed by atoms with Crippen LogP contribution < -0.4 is 5.32 Å². The van der Waals surface area contributed by atoms with E-state index in [2.05, 4.69) is 15.4 Å². The van der Waals surface area contributed by atoms with Crippen LogP contribution in [0.25, 0.3) is 15.3 Å². The highest BCUT2D eigenvalue weighted by atomic mass is 32.2. The largest absolute Gasteiger partial charge is 0.309 e. The lowest BCUT2D eigenvalue weighted by Gasteiger charge is -2.23. The Morgan fingerprint density at radius 3 is 2.68 bits per heavy atom. The van der Waals surface area contributed by atoms with Crippen molar-refractivity contribution in [2.75, 3.05) is 11.9 Å². The number of anilines is 1. The van der Waals surface area contributed by atoms with Gasteiger partial charge in [0.25, 0.3) is 0 Å². The predicted molar refractivity (Wildman–Crippen MR) is 123 cm³/mol. The van der Waals surface area contributed by atoms with E-state index in [0.717, 1.165) is 16.4 Å². The van der Waals surface area contributed by atoms with Crippen LogP contribution in [0.5, 0.6) is 0 Å². The molecular weight excluding hydrogens is 484 g/mol. The van der Waals surface area contributed by atoms with Gasteiger partial charge in [0.2, 0.25) is 21.1 Å². The van der Waals surface area contributed by atoms with Crippen LogP contribution in [-0.2, 0) is 14.8 Å². The zero-order valence-electron chi connectivity index (χ0n) is 17.9. The Balaban J connectivity index is 1.43. The van der Waals surface area contributed by atoms with Crippen molar-refractivity contribution in [3.8, 4) is 5.13 Å². The summed E-state index contributed by atoms with van der Waals surface area (Å²) < 4.78 is 56.8. The molecule has 1 atom stereocenters. The number of thiazole rings is 1. The Labute approximate surface area is 197 Å². The molecule has 0 bridgehead atoms. The minimum atomic E-state index is -3.99. The molecule has 1 aliphatic rings. The summed E-state index contributed by atoms with van der Waals surface area (Å²) in [4.78, 5) is 17.4. The fourth-order valence-corrected chi connectivity index (χ4v) is 6.57. The van der Waals surface area contributed by atoms with E-state index in [0.29, 0.717) is 34.2 Å². The fraction of sp³-hybridized carbons (Fsp3) is 0.227. The first-order chi connectivity index (χ1) is 16.2. The normalized spacial score (nSPS) is 16.9. The maximum Gasteiger partial charge on any atom is 0.243 e. The molecule has 2 aromatic heterocycles. The van der Waals surface area contributed by atoms with Gasteiger partial charge >= 0.3 is 0 Å². The third kappa shape index (κ3) is 3.97. The number of sulfonamides is 1. The van der Waals surface area contributed by atoms with Crippen molar-refractivity contribution >= 4 is 43.3 Å². The average Bonchev–Trinajstić information content (AvgIpc) is 3.52. The first-order valence-corrected chi connectivity index (χ1v) is 12.7. The number of aryl methyl sites for hydroxylation is 1. The van der Waals surface area contributed by atoms with Crippen molar-refractivity contribution in [2.45, 2.75) is 30.7 Å². The number of halogens is 2. The number of hydrogen-bond acceptors (Lipinski definition) is 6. The summed E-state index contributed by atoms with van der Waals surface area (Å²) >= 11 is 1.22. The van der Waals surface area contributed by atoms with Gasteiger partial charge in [0.15, 0.2) is 0 Å². The first-order valence-electron chi connectivity index (χ1n) is 10.4. The van der Waals surface area contributed by atoms with Gasteiger partial charge in [-0.15, -0.1) is 0 Å². The van der Waals surface area contributed by atoms with E-state index in [4.69, 9.17) is 0 Å². The van der Waals surface area contributed by atoms with E-state index >= 15 is 0 Å². The second-order valence-corrected chi connectivity index (χ2v) is 10.8. The summed E-state index contributed by atoms with van der Waals surface area (Å²) in [5, 5.41) is 7.50. The van der Waals surface area contributed by atoms with Crippen LogP contribution in [0.3, 0.4) is 0 Å². The number of carbonyl (C=O) groups excluding carboxylic acids is 1. The van der Waals surface area contributed by atoms with E-state index < -0.39 is 33.6 Å². The van der Waals surface area contributed by atoms with Crippen molar-refractivity contribution in [3.63, 3.8) is 0 Å². The summed E-state index contributed by atoms with van der Waals surface area (Å²) in [5.41, 5.74) is 0.803. The molecule has 1 fully saturated rings. The molecule has 5 rings (SSSR count). The molecule has 0 aliphatic carbocycles. The molecule has 12 heteroatoms. The van der Waals surface area contributed by atoms with Gasteiger partial charge < -0.3 is 5.32 Å². The molecule has 4 aromatic rings. The first kappa shape index (κ1) is 22.6. The van der Waals surface area contributed by atoms with Crippen molar-refractivity contribution < 1.29 is 22.0 Å². The second kappa shape index (κ2) is 8.53. The van der Waals surface area contributed by atoms with Crippen molar-refractivity contribution in [3.05, 3.63) is 65.9 Å². The van der Waals surface area contributed by atoms with Gasteiger partial charge in [0.05, 0.1) is 15.3 Å². The Bertz CT molecular complexity index is 1500. The molecule has 8 nitrogen and oxygen atoms in total. The van der Waals surface area contributed by atoms with Crippen molar-refractivity contribution in [2.24, 2.45) is 0 Å². The molecule has 3 heterocycles. The zero-order valence-corrected chi connectivity index (χ0v) is 19.5. The number of benzene rings is 2. The van der Waals surface area contributed by atoms with Crippen LogP contribution in [0, 0.1) is 18.6 Å². The lowest BCUT2D eigenvalue weighted by atomic mass is 10.2. The van der Waals surface area contributed by atoms with Gasteiger partial charge in [-0.1, -0.05) is 17.4 Å². The molecule has 0 spiro atoms. The summed E-state index contributed by atoms with van der Waals surface area (Å²) in [6, 6.07) is 9.85. The molecule has 0 saturated carbocycles. The number of nitrogens with one attached hydrogen (secondary N) is 1. The van der Waals surface area contributed by atoms with E-state index in [1.807, 2.05) is 0 Å². The van der Waals surface area contributed by atoms with Crippen LogP contribution in [0.4, 0.5) is 14.6 Å². The van der Waals surface area contributed by atoms with Crippen LogP contribution in [0.2, 0.25) is 0 Å². The van der Waals surface area contributed by atoms with Crippen LogP contribution >= 0.6 is 11.3 Å². The molecular formula is C22H19F2N5O3S2. The highest BCUT2D eigenvalue weighted by molar-refractivity contribution is 7.89. The number of carbonyl (C=O) groups is 1. The number of fused-ring (bicyclic) bond motifs is 1. The lowest BCUT2D eigenvalue weighted by Crippen LogP contribution is -2.43. The van der Waals surface area contributed by atoms with Gasteiger partial charge in [-0.25, -0.2) is 22.2 Å². The monoisotopic (exact) mass is 503 g/mol. The maximum atomic E-state index is 14.1. The smallest absolute Gasteiger partial charge is 0.243 e. The number of aromatic nitrogens is 3. The SMILES string of the molecule is Cc1cc(NC(=O)C2CCCN2S(=O)(=O)c2ccc(F)cc2)n(-c2nc3c(F)cccc3s2)n1. The van der Waals surface area contributed by atoms with E-state index in [1.165, 1.54) is 34.2 Å². The van der Waals surface area contributed by atoms with E-state index in [9.17, 15) is 22.0 Å². The number of amides is 1. The molecule has 0 radical (unpaired) electrons. The van der Waals surface area contributed by atoms with Crippen LogP contribution in [0.1, 0.15) is 18.5 Å². The summed E-state index contributed by atoms with van der Waals surface area (Å²) in [5.74, 6) is -1.22. The summed E-state index contributed by atoms with van der Waals surface area (Å²) in [6.07, 6.45) is 0.847. The minimum Gasteiger partial charge on any atom is -0.309 e. The average molecular weight is 504 g/mol. The van der Waals surface area contributed by atoms with Gasteiger partial charge in [-0.2, -0.15) is 14.1 Å². The maximum absolute atomic E-state index is 14.1. The Morgan fingerprint density at radius 2 is 1.94 bits per heavy atom. The Hall–Kier alpha value is -3.22. The van der Waals surface area contributed by atoms with Crippen LogP contribution in [0.15, 0.2) is 53.4 Å². The number of para-hydroxylation sites is 1. The fourth-order valence-electron chi connectivity index (χ4n) is 3.97. The molecule has 2 aromatic carbocycles. The molecule has 1 aliphatic heterocycles. The molecule has 34 heavy (non-hydrogen) atoms. The number of rotatable bonds is 5. The van der Waals surface area contributed by atoms with Gasteiger partial charge in [-0.3, -0.25) is 4.79 Å². The second-order valence-electron chi connectivity index (χ2n) is 7.88. The summed E-state index contributed by atoms with van der Waals surface area (Å²) in [6.45, 7) is 1.91. The molecule has 176 valence electrons. The standard InChI is InChI=1S/C22H19F2N5O3S2/c1-13-12-19(29(27-13)22-26-20-16(24)4-2-6-18(20)33-22)25-21(30)17-5-3-11-28(17)34(31,32)15-9-7-14(23)8-10-15/h2,4,6-10,12,17H,3,5,11H2,1H3,(H,25,30). The topological polar surface area (TPSA) is 97.2 Å². The van der Waals surface area contributed by atoms with Gasteiger partial charge in [-0.05, 0) is 56.2 Å². The third-order valence-corrected chi connectivity index (χ3v) is 8.47. The van der Waals surface area contributed by atoms with Gasteiger partial charge in [0.1, 0.15) is 29.0 Å². The third-order valence-electron chi connectivity index (χ3n) is 5.55. The lowest BCUT2D eigenvalue weighted by molar-refractivity contribution is -0.119. The highest BCUT2D eigenvalue weighted by Gasteiger charge is 2.39. The minimum absolute atomic E-state index is 0.0778. The van der Waals surface area contributed by atoms with Crippen molar-refractivity contribution in [1.29, 1.82) is 0 Å². The summed E-state index contributed by atoms with van der Waals surface area (Å²) in [7, 11) is -3.99. The predicted octanol–water partition coefficient (Wildman–Crippen LogP) is 3.86. The van der Waals surface area contributed by atoms with Crippen LogP contribution in [-0.4, -0.2) is 46.0 Å². The zero-order chi connectivity index (χ0) is 24.0. The molecule has 1 amide bonds. The molecule has 1 N–H and O–H groups in total. The Kier molecular flexibility index (Phi) is 5.66. The van der Waals surface area contributed by atoms with E-state index in [1.54, 1.807) is 25.1 Å². The Morgan fingerprint density at radius 1 is 1.18 bits per heavy atom. The number of nitrogens with zero attached hydrogens (tertiary/aromatic N) is 4. The number of hydrogen-bond donors (Lipinski definition) is 1. The molecule has 1 unspecified atom stereocenters. The van der Waals surface area contributed by atoms with Crippen molar-refractivity contribution in [1.82, 2.24) is 19.1 Å². The van der Waals surface area contributed by atoms with E-state index in [-0.39, 0.29) is 17.0 Å². The highest BCUT2D eigenvalue weighted by Crippen LogP contribution is 2.30. The quantitative estimate of drug-likeness (QED) is 0.446.